The number of aliphatic hydroxyl groups excluding tert-OH is 1. The molecule has 1 atom stereocenters. The number of hydrogen-bond acceptors (Lipinski definition) is 2. The van der Waals surface area contributed by atoms with E-state index in [0.717, 1.165) is 0 Å². The monoisotopic (exact) mass is 303 g/mol. The minimum absolute atomic E-state index is 0.00159. The van der Waals surface area contributed by atoms with Gasteiger partial charge in [0.15, 0.2) is 0 Å². The number of carbonyl (C=O) groups is 1. The number of aliphatic hydroxyl groups is 1. The van der Waals surface area contributed by atoms with E-state index in [1.165, 1.54) is 12.1 Å². The Morgan fingerprint density at radius 3 is 2.82 bits per heavy atom. The van der Waals surface area contributed by atoms with E-state index in [4.69, 9.17) is 5.11 Å². The summed E-state index contributed by atoms with van der Waals surface area (Å²) >= 11 is 3.13. The SMILES string of the molecule is CCC(CCO)NC(=O)c1ccc(Br)cc1F. The Morgan fingerprint density at radius 2 is 2.29 bits per heavy atom. The molecule has 0 spiro atoms. The normalized spacial score (nSPS) is 12.2. The fourth-order valence-corrected chi connectivity index (χ4v) is 1.80. The van der Waals surface area contributed by atoms with Gasteiger partial charge in [-0.3, -0.25) is 4.79 Å². The van der Waals surface area contributed by atoms with Gasteiger partial charge < -0.3 is 10.4 Å². The van der Waals surface area contributed by atoms with Gasteiger partial charge in [0.1, 0.15) is 5.82 Å². The number of rotatable bonds is 5. The molecule has 0 aromatic heterocycles. The highest BCUT2D eigenvalue weighted by Gasteiger charge is 2.15. The molecule has 2 N–H and O–H groups in total. The molecule has 0 fully saturated rings. The molecule has 3 nitrogen and oxygen atoms in total. The third kappa shape index (κ3) is 4.09. The molecule has 1 rings (SSSR count). The molecule has 1 amide bonds. The molecule has 1 aromatic rings. The highest BCUT2D eigenvalue weighted by molar-refractivity contribution is 9.10. The maximum atomic E-state index is 13.5. The minimum atomic E-state index is -0.560. The van der Waals surface area contributed by atoms with Crippen molar-refractivity contribution in [3.8, 4) is 0 Å². The lowest BCUT2D eigenvalue weighted by Crippen LogP contribution is -2.35. The zero-order valence-electron chi connectivity index (χ0n) is 9.54. The van der Waals surface area contributed by atoms with E-state index in [-0.39, 0.29) is 18.2 Å². The van der Waals surface area contributed by atoms with Crippen LogP contribution in [0, 0.1) is 5.82 Å². The van der Waals surface area contributed by atoms with Crippen molar-refractivity contribution in [3.05, 3.63) is 34.1 Å². The van der Waals surface area contributed by atoms with Crippen LogP contribution >= 0.6 is 15.9 Å². The van der Waals surface area contributed by atoms with Crippen molar-refractivity contribution in [3.63, 3.8) is 0 Å². The average Bonchev–Trinajstić information content (AvgIpc) is 2.28. The molecule has 0 saturated carbocycles. The van der Waals surface area contributed by atoms with Gasteiger partial charge in [0.2, 0.25) is 0 Å². The molecule has 1 unspecified atom stereocenters. The summed E-state index contributed by atoms with van der Waals surface area (Å²) in [7, 11) is 0. The second-order valence-corrected chi connectivity index (χ2v) is 4.63. The van der Waals surface area contributed by atoms with Crippen LogP contribution in [0.15, 0.2) is 22.7 Å². The molecule has 5 heteroatoms. The van der Waals surface area contributed by atoms with E-state index in [1.807, 2.05) is 6.92 Å². The van der Waals surface area contributed by atoms with Gasteiger partial charge in [0.25, 0.3) is 5.91 Å². The lowest BCUT2D eigenvalue weighted by molar-refractivity contribution is 0.0925. The fourth-order valence-electron chi connectivity index (χ4n) is 1.47. The van der Waals surface area contributed by atoms with Crippen LogP contribution in [0.1, 0.15) is 30.1 Å². The van der Waals surface area contributed by atoms with E-state index in [2.05, 4.69) is 21.2 Å². The van der Waals surface area contributed by atoms with Gasteiger partial charge in [0, 0.05) is 17.1 Å². The zero-order chi connectivity index (χ0) is 12.8. The Labute approximate surface area is 108 Å². The van der Waals surface area contributed by atoms with Crippen LogP contribution in [-0.2, 0) is 0 Å². The molecule has 0 aliphatic heterocycles. The minimum Gasteiger partial charge on any atom is -0.396 e. The lowest BCUT2D eigenvalue weighted by Gasteiger charge is -2.15. The molecular weight excluding hydrogens is 289 g/mol. The Morgan fingerprint density at radius 1 is 1.59 bits per heavy atom. The lowest BCUT2D eigenvalue weighted by atomic mass is 10.1. The van der Waals surface area contributed by atoms with Crippen molar-refractivity contribution < 1.29 is 14.3 Å². The van der Waals surface area contributed by atoms with Gasteiger partial charge in [-0.25, -0.2) is 4.39 Å². The Bertz CT molecular complexity index is 398. The van der Waals surface area contributed by atoms with Gasteiger partial charge in [-0.2, -0.15) is 0 Å². The van der Waals surface area contributed by atoms with Gasteiger partial charge in [-0.05, 0) is 31.0 Å². The van der Waals surface area contributed by atoms with Gasteiger partial charge in [0.05, 0.1) is 5.56 Å². The van der Waals surface area contributed by atoms with Crippen molar-refractivity contribution in [2.75, 3.05) is 6.61 Å². The van der Waals surface area contributed by atoms with E-state index in [9.17, 15) is 9.18 Å². The predicted molar refractivity (Wildman–Crippen MR) is 67.3 cm³/mol. The maximum Gasteiger partial charge on any atom is 0.254 e. The third-order valence-corrected chi connectivity index (χ3v) is 2.97. The molecule has 0 aliphatic carbocycles. The van der Waals surface area contributed by atoms with E-state index < -0.39 is 11.7 Å². The van der Waals surface area contributed by atoms with Crippen molar-refractivity contribution in [2.45, 2.75) is 25.8 Å². The Kier molecular flexibility index (Phi) is 5.58. The fraction of sp³-hybridized carbons (Fsp3) is 0.417. The number of hydrogen-bond donors (Lipinski definition) is 2. The van der Waals surface area contributed by atoms with Crippen LogP contribution in [0.2, 0.25) is 0 Å². The Hall–Kier alpha value is -0.940. The van der Waals surface area contributed by atoms with Crippen LogP contribution in [-0.4, -0.2) is 23.7 Å². The van der Waals surface area contributed by atoms with E-state index in [1.54, 1.807) is 6.07 Å². The summed E-state index contributed by atoms with van der Waals surface area (Å²) < 4.78 is 14.1. The first-order valence-electron chi connectivity index (χ1n) is 5.45. The predicted octanol–water partition coefficient (Wildman–Crippen LogP) is 2.48. The highest BCUT2D eigenvalue weighted by atomic mass is 79.9. The van der Waals surface area contributed by atoms with Crippen LogP contribution in [0.3, 0.4) is 0 Å². The standard InChI is InChI=1S/C12H15BrFNO2/c1-2-9(5-6-16)15-12(17)10-4-3-8(13)7-11(10)14/h3-4,7,9,16H,2,5-6H2,1H3,(H,15,17). The van der Waals surface area contributed by atoms with Crippen molar-refractivity contribution >= 4 is 21.8 Å². The van der Waals surface area contributed by atoms with Gasteiger partial charge in [-0.1, -0.05) is 22.9 Å². The van der Waals surface area contributed by atoms with Crippen LogP contribution in [0.25, 0.3) is 0 Å². The second-order valence-electron chi connectivity index (χ2n) is 3.72. The average molecular weight is 304 g/mol. The van der Waals surface area contributed by atoms with Crippen LogP contribution in [0.5, 0.6) is 0 Å². The van der Waals surface area contributed by atoms with Gasteiger partial charge in [-0.15, -0.1) is 0 Å². The first kappa shape index (κ1) is 14.1. The van der Waals surface area contributed by atoms with Crippen molar-refractivity contribution in [1.82, 2.24) is 5.32 Å². The number of nitrogens with one attached hydrogen (secondary N) is 1. The van der Waals surface area contributed by atoms with Crippen LogP contribution in [0.4, 0.5) is 4.39 Å². The largest absolute Gasteiger partial charge is 0.396 e. The number of amides is 1. The van der Waals surface area contributed by atoms with Gasteiger partial charge >= 0.3 is 0 Å². The second kappa shape index (κ2) is 6.71. The molecule has 0 radical (unpaired) electrons. The van der Waals surface area contributed by atoms with E-state index in [0.29, 0.717) is 17.3 Å². The summed E-state index contributed by atoms with van der Waals surface area (Å²) in [5.41, 5.74) is 0.0181. The van der Waals surface area contributed by atoms with Crippen molar-refractivity contribution in [1.29, 1.82) is 0 Å². The third-order valence-electron chi connectivity index (χ3n) is 2.48. The van der Waals surface area contributed by atoms with Crippen LogP contribution < -0.4 is 5.32 Å². The number of carbonyl (C=O) groups excluding carboxylic acids is 1. The summed E-state index contributed by atoms with van der Waals surface area (Å²) in [5.74, 6) is -1.01. The molecule has 94 valence electrons. The molecule has 1 aromatic carbocycles. The first-order chi connectivity index (χ1) is 8.08. The highest BCUT2D eigenvalue weighted by Crippen LogP contribution is 2.15. The zero-order valence-corrected chi connectivity index (χ0v) is 11.1. The van der Waals surface area contributed by atoms with Crippen molar-refractivity contribution in [2.24, 2.45) is 0 Å². The summed E-state index contributed by atoms with van der Waals surface area (Å²) in [6.07, 6.45) is 1.17. The summed E-state index contributed by atoms with van der Waals surface area (Å²) in [4.78, 5) is 11.8. The smallest absolute Gasteiger partial charge is 0.254 e. The number of halogens is 2. The molecule has 0 aliphatic rings. The maximum absolute atomic E-state index is 13.5. The number of benzene rings is 1. The molecule has 17 heavy (non-hydrogen) atoms. The molecular formula is C12H15BrFNO2. The molecule has 0 heterocycles. The summed E-state index contributed by atoms with van der Waals surface area (Å²) in [6.45, 7) is 1.90. The summed E-state index contributed by atoms with van der Waals surface area (Å²) in [5, 5.41) is 11.5. The molecule has 0 bridgehead atoms. The van der Waals surface area contributed by atoms with E-state index >= 15 is 0 Å². The quantitative estimate of drug-likeness (QED) is 0.878. The summed E-state index contributed by atoms with van der Waals surface area (Å²) in [6, 6.07) is 4.17. The topological polar surface area (TPSA) is 49.3 Å². The molecule has 0 saturated heterocycles. The first-order valence-corrected chi connectivity index (χ1v) is 6.24. The Balaban J connectivity index is 2.75.